The van der Waals surface area contributed by atoms with Crippen LogP contribution in [0.1, 0.15) is 5.56 Å². The molecule has 3 nitrogen and oxygen atoms in total. The van der Waals surface area contributed by atoms with E-state index in [1.807, 2.05) is 12.1 Å². The highest BCUT2D eigenvalue weighted by atomic mass is 32.2. The van der Waals surface area contributed by atoms with Gasteiger partial charge in [0.2, 0.25) is 0 Å². The molecule has 0 radical (unpaired) electrons. The number of amides is 1. The lowest BCUT2D eigenvalue weighted by atomic mass is 10.2. The van der Waals surface area contributed by atoms with Crippen LogP contribution in [0.4, 0.5) is 0 Å². The summed E-state index contributed by atoms with van der Waals surface area (Å²) in [6.07, 6.45) is 5.16. The molecular weight excluding hydrogens is 216 g/mol. The molecule has 0 bridgehead atoms. The molecule has 70 valence electrons. The second-order valence-corrected chi connectivity index (χ2v) is 4.36. The van der Waals surface area contributed by atoms with Gasteiger partial charge in [-0.1, -0.05) is 30.0 Å². The number of hydrogen-bond acceptors (Lipinski definition) is 4. The van der Waals surface area contributed by atoms with Crippen molar-refractivity contribution in [2.24, 2.45) is 0 Å². The molecule has 1 aliphatic rings. The van der Waals surface area contributed by atoms with Gasteiger partial charge in [0.1, 0.15) is 4.32 Å². The Hall–Kier alpha value is -1.20. The number of rotatable bonds is 1. The highest BCUT2D eigenvalue weighted by molar-refractivity contribution is 8.26. The predicted octanol–water partition coefficient (Wildman–Crippen LogP) is 1.57. The Morgan fingerprint density at radius 2 is 2.43 bits per heavy atom. The first kappa shape index (κ1) is 9.36. The summed E-state index contributed by atoms with van der Waals surface area (Å²) in [5.41, 5.74) is 0.898. The Morgan fingerprint density at radius 1 is 1.57 bits per heavy atom. The lowest BCUT2D eigenvalue weighted by Crippen LogP contribution is -2.17. The molecule has 0 atom stereocenters. The predicted molar refractivity (Wildman–Crippen MR) is 60.5 cm³/mol. The molecule has 1 N–H and O–H groups in total. The van der Waals surface area contributed by atoms with Crippen molar-refractivity contribution in [1.29, 1.82) is 0 Å². The maximum atomic E-state index is 11.3. The Morgan fingerprint density at radius 3 is 3.00 bits per heavy atom. The highest BCUT2D eigenvalue weighted by Crippen LogP contribution is 2.25. The van der Waals surface area contributed by atoms with E-state index >= 15 is 0 Å². The van der Waals surface area contributed by atoms with Crippen LogP contribution in [0.2, 0.25) is 0 Å². The molecule has 2 rings (SSSR count). The summed E-state index contributed by atoms with van der Waals surface area (Å²) < 4.78 is 0.505. The minimum absolute atomic E-state index is 0.135. The number of thioether (sulfide) groups is 1. The van der Waals surface area contributed by atoms with Gasteiger partial charge in [0.05, 0.1) is 4.91 Å². The molecule has 1 aliphatic heterocycles. The van der Waals surface area contributed by atoms with Crippen molar-refractivity contribution in [2.75, 3.05) is 0 Å². The van der Waals surface area contributed by atoms with E-state index in [0.717, 1.165) is 5.56 Å². The summed E-state index contributed by atoms with van der Waals surface area (Å²) in [6.45, 7) is 0. The Bertz CT molecular complexity index is 414. The smallest absolute Gasteiger partial charge is 0.263 e. The lowest BCUT2D eigenvalue weighted by Gasteiger charge is -1.92. The van der Waals surface area contributed by atoms with Crippen molar-refractivity contribution in [3.63, 3.8) is 0 Å². The minimum atomic E-state index is -0.135. The average molecular weight is 222 g/mol. The van der Waals surface area contributed by atoms with E-state index in [1.54, 1.807) is 18.5 Å². The molecular formula is C9H6N2OS2. The third-order valence-corrected chi connectivity index (χ3v) is 2.79. The highest BCUT2D eigenvalue weighted by Gasteiger charge is 2.21. The van der Waals surface area contributed by atoms with Gasteiger partial charge >= 0.3 is 0 Å². The van der Waals surface area contributed by atoms with E-state index < -0.39 is 0 Å². The zero-order chi connectivity index (χ0) is 9.97. The summed E-state index contributed by atoms with van der Waals surface area (Å²) >= 11 is 6.14. The van der Waals surface area contributed by atoms with Crippen LogP contribution in [-0.4, -0.2) is 15.2 Å². The standard InChI is InChI=1S/C9H6N2OS2/c12-8-7(14-9(13)11-8)4-6-2-1-3-10-5-6/h1-5H,(H,11,12,13). The van der Waals surface area contributed by atoms with Gasteiger partial charge in [-0.15, -0.1) is 0 Å². The molecule has 1 aromatic rings. The first-order chi connectivity index (χ1) is 6.75. The SMILES string of the molecule is O=C1NC(=S)SC1=Cc1cccnc1. The van der Waals surface area contributed by atoms with Gasteiger partial charge in [-0.05, 0) is 17.7 Å². The Kier molecular flexibility index (Phi) is 2.60. The van der Waals surface area contributed by atoms with Crippen molar-refractivity contribution in [1.82, 2.24) is 10.3 Å². The number of aromatic nitrogens is 1. The fourth-order valence-corrected chi connectivity index (χ4v) is 2.08. The summed E-state index contributed by atoms with van der Waals surface area (Å²) in [5.74, 6) is -0.135. The van der Waals surface area contributed by atoms with Crippen molar-refractivity contribution in [3.8, 4) is 0 Å². The zero-order valence-electron chi connectivity index (χ0n) is 7.06. The molecule has 1 amide bonds. The number of carbonyl (C=O) groups excluding carboxylic acids is 1. The molecule has 1 aromatic heterocycles. The molecule has 0 spiro atoms. The van der Waals surface area contributed by atoms with Gasteiger partial charge in [-0.2, -0.15) is 0 Å². The van der Waals surface area contributed by atoms with Crippen LogP contribution < -0.4 is 5.32 Å². The molecule has 5 heteroatoms. The van der Waals surface area contributed by atoms with Gasteiger partial charge in [-0.3, -0.25) is 9.78 Å². The first-order valence-corrected chi connectivity index (χ1v) is 5.13. The van der Waals surface area contributed by atoms with E-state index in [4.69, 9.17) is 12.2 Å². The normalized spacial score (nSPS) is 18.7. The molecule has 0 unspecified atom stereocenters. The van der Waals surface area contributed by atoms with Crippen LogP contribution in [0.3, 0.4) is 0 Å². The largest absolute Gasteiger partial charge is 0.307 e. The van der Waals surface area contributed by atoms with E-state index in [9.17, 15) is 4.79 Å². The summed E-state index contributed by atoms with van der Waals surface area (Å²) in [4.78, 5) is 15.8. The van der Waals surface area contributed by atoms with Crippen molar-refractivity contribution in [3.05, 3.63) is 35.0 Å². The minimum Gasteiger partial charge on any atom is -0.307 e. The van der Waals surface area contributed by atoms with Gasteiger partial charge < -0.3 is 5.32 Å². The third kappa shape index (κ3) is 2.00. The third-order valence-electron chi connectivity index (χ3n) is 1.62. The zero-order valence-corrected chi connectivity index (χ0v) is 8.69. The molecule has 1 fully saturated rings. The summed E-state index contributed by atoms with van der Waals surface area (Å²) in [7, 11) is 0. The van der Waals surface area contributed by atoms with Crippen LogP contribution in [0, 0.1) is 0 Å². The molecule has 0 aliphatic carbocycles. The van der Waals surface area contributed by atoms with E-state index in [-0.39, 0.29) is 5.91 Å². The number of hydrogen-bond donors (Lipinski definition) is 1. The van der Waals surface area contributed by atoms with E-state index in [0.29, 0.717) is 9.23 Å². The monoisotopic (exact) mass is 222 g/mol. The van der Waals surface area contributed by atoms with Crippen molar-refractivity contribution in [2.45, 2.75) is 0 Å². The number of pyridine rings is 1. The van der Waals surface area contributed by atoms with Gasteiger partial charge in [0.25, 0.3) is 5.91 Å². The van der Waals surface area contributed by atoms with Gasteiger partial charge in [-0.25, -0.2) is 0 Å². The maximum absolute atomic E-state index is 11.3. The summed E-state index contributed by atoms with van der Waals surface area (Å²) in [6, 6.07) is 3.71. The topological polar surface area (TPSA) is 42.0 Å². The number of carbonyl (C=O) groups is 1. The maximum Gasteiger partial charge on any atom is 0.263 e. The second kappa shape index (κ2) is 3.89. The van der Waals surface area contributed by atoms with Crippen molar-refractivity contribution >= 4 is 40.3 Å². The fourth-order valence-electron chi connectivity index (χ4n) is 1.03. The lowest BCUT2D eigenvalue weighted by molar-refractivity contribution is -0.115. The fraction of sp³-hybridized carbons (Fsp3) is 0. The van der Waals surface area contributed by atoms with E-state index in [2.05, 4.69) is 10.3 Å². The molecule has 0 saturated carbocycles. The average Bonchev–Trinajstić information content (AvgIpc) is 2.47. The van der Waals surface area contributed by atoms with Crippen LogP contribution in [0.5, 0.6) is 0 Å². The number of nitrogens with one attached hydrogen (secondary N) is 1. The van der Waals surface area contributed by atoms with Crippen LogP contribution in [-0.2, 0) is 4.79 Å². The quantitative estimate of drug-likeness (QED) is 0.578. The molecule has 2 heterocycles. The van der Waals surface area contributed by atoms with Gasteiger partial charge in [0.15, 0.2) is 0 Å². The Labute approximate surface area is 90.6 Å². The summed E-state index contributed by atoms with van der Waals surface area (Å²) in [5, 5.41) is 2.55. The second-order valence-electron chi connectivity index (χ2n) is 2.64. The van der Waals surface area contributed by atoms with Crippen LogP contribution in [0.25, 0.3) is 6.08 Å². The first-order valence-electron chi connectivity index (χ1n) is 3.90. The molecule has 0 aromatic carbocycles. The van der Waals surface area contributed by atoms with Crippen LogP contribution >= 0.6 is 24.0 Å². The number of nitrogens with zero attached hydrogens (tertiary/aromatic N) is 1. The molecule has 1 saturated heterocycles. The van der Waals surface area contributed by atoms with Gasteiger partial charge in [0, 0.05) is 12.4 Å². The van der Waals surface area contributed by atoms with Crippen LogP contribution in [0.15, 0.2) is 29.4 Å². The number of thiocarbonyl (C=S) groups is 1. The van der Waals surface area contributed by atoms with E-state index in [1.165, 1.54) is 11.8 Å². The molecule has 14 heavy (non-hydrogen) atoms. The Balaban J connectivity index is 2.28. The van der Waals surface area contributed by atoms with Crippen molar-refractivity contribution < 1.29 is 4.79 Å².